The average Bonchev–Trinajstić information content (AvgIpc) is 3.48. The van der Waals surface area contributed by atoms with Gasteiger partial charge in [0.1, 0.15) is 6.10 Å². The SMILES string of the molecule is CC(C)CCC[C@@H](C)[C@H]1CC[C@H]2C3CC=C4C[C@@H](OC(=O)N5CCC[C@H]5CO)CC[C@]4(C)[C@H]3CC[C@]12C. The Labute approximate surface area is 227 Å². The number of allylic oxidation sites excluding steroid dienone is 1. The van der Waals surface area contributed by atoms with Gasteiger partial charge < -0.3 is 14.7 Å². The average molecular weight is 514 g/mol. The van der Waals surface area contributed by atoms with Crippen LogP contribution in [-0.2, 0) is 4.74 Å². The van der Waals surface area contributed by atoms with Gasteiger partial charge in [-0.3, -0.25) is 0 Å². The summed E-state index contributed by atoms with van der Waals surface area (Å²) >= 11 is 0. The Morgan fingerprint density at radius 3 is 2.65 bits per heavy atom. The van der Waals surface area contributed by atoms with Gasteiger partial charge in [0.15, 0.2) is 0 Å². The van der Waals surface area contributed by atoms with E-state index in [1.165, 1.54) is 51.4 Å². The number of aliphatic hydroxyl groups is 1. The molecule has 1 heterocycles. The number of carbonyl (C=O) groups is 1. The molecule has 0 aromatic rings. The minimum atomic E-state index is -0.201. The molecule has 4 nitrogen and oxygen atoms in total. The molecule has 1 saturated heterocycles. The number of likely N-dealkylation sites (tertiary alicyclic amines) is 1. The highest BCUT2D eigenvalue weighted by atomic mass is 16.6. The van der Waals surface area contributed by atoms with E-state index in [2.05, 4.69) is 40.7 Å². The fourth-order valence-corrected chi connectivity index (χ4v) is 10.2. The summed E-state index contributed by atoms with van der Waals surface area (Å²) in [5.74, 6) is 5.13. The van der Waals surface area contributed by atoms with Crippen molar-refractivity contribution in [2.75, 3.05) is 13.2 Å². The zero-order valence-electron chi connectivity index (χ0n) is 24.5. The van der Waals surface area contributed by atoms with E-state index in [4.69, 9.17) is 4.74 Å². The topological polar surface area (TPSA) is 49.8 Å². The fraction of sp³-hybridized carbons (Fsp3) is 0.909. The first-order valence-corrected chi connectivity index (χ1v) is 15.9. The summed E-state index contributed by atoms with van der Waals surface area (Å²) in [6, 6.07) is -0.0549. The van der Waals surface area contributed by atoms with E-state index in [1.54, 1.807) is 10.5 Å². The molecule has 4 aliphatic carbocycles. The third kappa shape index (κ3) is 5.03. The molecule has 0 bridgehead atoms. The number of rotatable bonds is 7. The van der Waals surface area contributed by atoms with Crippen molar-refractivity contribution in [3.63, 3.8) is 0 Å². The summed E-state index contributed by atoms with van der Waals surface area (Å²) in [5.41, 5.74) is 2.40. The first kappa shape index (κ1) is 27.5. The largest absolute Gasteiger partial charge is 0.446 e. The third-order valence-corrected chi connectivity index (χ3v) is 12.3. The first-order chi connectivity index (χ1) is 17.7. The van der Waals surface area contributed by atoms with Crippen LogP contribution in [0.5, 0.6) is 0 Å². The van der Waals surface area contributed by atoms with Crippen LogP contribution in [0.3, 0.4) is 0 Å². The van der Waals surface area contributed by atoms with Gasteiger partial charge in [-0.1, -0.05) is 65.5 Å². The van der Waals surface area contributed by atoms with Crippen LogP contribution < -0.4 is 0 Å². The minimum Gasteiger partial charge on any atom is -0.446 e. The van der Waals surface area contributed by atoms with Gasteiger partial charge in [0.25, 0.3) is 0 Å². The maximum Gasteiger partial charge on any atom is 0.410 e. The van der Waals surface area contributed by atoms with Crippen molar-refractivity contribution in [2.24, 2.45) is 46.3 Å². The van der Waals surface area contributed by atoms with E-state index in [9.17, 15) is 9.90 Å². The summed E-state index contributed by atoms with van der Waals surface area (Å²) in [6.07, 6.45) is 18.4. The van der Waals surface area contributed by atoms with Crippen molar-refractivity contribution in [3.05, 3.63) is 11.6 Å². The Bertz CT molecular complexity index is 853. The number of hydrogen-bond acceptors (Lipinski definition) is 3. The molecule has 0 aromatic carbocycles. The van der Waals surface area contributed by atoms with Gasteiger partial charge in [-0.15, -0.1) is 0 Å². The Morgan fingerprint density at radius 2 is 1.89 bits per heavy atom. The Hall–Kier alpha value is -1.03. The van der Waals surface area contributed by atoms with Crippen LogP contribution in [0, 0.1) is 46.3 Å². The Kier molecular flexibility index (Phi) is 8.08. The molecule has 1 N–H and O–H groups in total. The molecule has 3 saturated carbocycles. The number of amides is 1. The third-order valence-electron chi connectivity index (χ3n) is 12.3. The van der Waals surface area contributed by atoms with E-state index in [1.807, 2.05) is 0 Å². The van der Waals surface area contributed by atoms with Gasteiger partial charge in [0.05, 0.1) is 12.6 Å². The number of carbonyl (C=O) groups excluding carboxylic acids is 1. The lowest BCUT2D eigenvalue weighted by atomic mass is 9.47. The predicted molar refractivity (Wildman–Crippen MR) is 150 cm³/mol. The fourth-order valence-electron chi connectivity index (χ4n) is 10.2. The van der Waals surface area contributed by atoms with Gasteiger partial charge in [0.2, 0.25) is 0 Å². The van der Waals surface area contributed by atoms with Crippen LogP contribution in [0.4, 0.5) is 4.79 Å². The number of aliphatic hydroxyl groups excluding tert-OH is 1. The lowest BCUT2D eigenvalue weighted by Gasteiger charge is -2.58. The summed E-state index contributed by atoms with van der Waals surface area (Å²) in [4.78, 5) is 14.6. The van der Waals surface area contributed by atoms with E-state index < -0.39 is 0 Å². The van der Waals surface area contributed by atoms with Crippen LogP contribution in [-0.4, -0.2) is 41.4 Å². The molecule has 0 radical (unpaired) electrons. The molecule has 1 aliphatic heterocycles. The van der Waals surface area contributed by atoms with E-state index in [0.29, 0.717) is 5.41 Å². The standard InChI is InChI=1S/C33H55NO3/c1-22(2)8-6-9-23(3)28-13-14-29-27-12-11-24-20-26(37-31(36)34-19-7-10-25(34)21-35)15-17-32(24,4)30(27)16-18-33(28,29)5/h11,22-23,25-30,35H,6-10,12-21H2,1-5H3/t23-,25+,26+,27?,28-,29+,30+,32+,33-/m1/s1. The van der Waals surface area contributed by atoms with Crippen LogP contribution in [0.1, 0.15) is 118 Å². The van der Waals surface area contributed by atoms with Crippen molar-refractivity contribution in [3.8, 4) is 0 Å². The van der Waals surface area contributed by atoms with Crippen LogP contribution in [0.2, 0.25) is 0 Å². The van der Waals surface area contributed by atoms with Gasteiger partial charge >= 0.3 is 6.09 Å². The van der Waals surface area contributed by atoms with E-state index in [0.717, 1.165) is 74.2 Å². The Morgan fingerprint density at radius 1 is 1.08 bits per heavy atom. The van der Waals surface area contributed by atoms with Gasteiger partial charge in [-0.2, -0.15) is 0 Å². The second-order valence-corrected chi connectivity index (χ2v) is 14.7. The maximum atomic E-state index is 12.9. The lowest BCUT2D eigenvalue weighted by Crippen LogP contribution is -2.51. The molecule has 5 rings (SSSR count). The van der Waals surface area contributed by atoms with Crippen molar-refractivity contribution in [1.29, 1.82) is 0 Å². The number of nitrogens with zero attached hydrogens (tertiary/aromatic N) is 1. The monoisotopic (exact) mass is 513 g/mol. The molecule has 5 aliphatic rings. The molecule has 1 amide bonds. The van der Waals surface area contributed by atoms with Crippen molar-refractivity contribution in [1.82, 2.24) is 4.90 Å². The highest BCUT2D eigenvalue weighted by molar-refractivity contribution is 5.68. The number of ether oxygens (including phenoxy) is 1. The van der Waals surface area contributed by atoms with E-state index in [-0.39, 0.29) is 30.3 Å². The van der Waals surface area contributed by atoms with Crippen LogP contribution in [0.15, 0.2) is 11.6 Å². The second kappa shape index (κ2) is 10.9. The number of hydrogen-bond donors (Lipinski definition) is 1. The molecule has 0 spiro atoms. The highest BCUT2D eigenvalue weighted by Crippen LogP contribution is 2.67. The Balaban J connectivity index is 1.23. The minimum absolute atomic E-state index is 0.000256. The van der Waals surface area contributed by atoms with Crippen molar-refractivity contribution < 1.29 is 14.6 Å². The zero-order valence-corrected chi connectivity index (χ0v) is 24.5. The predicted octanol–water partition coefficient (Wildman–Crippen LogP) is 7.99. The highest BCUT2D eigenvalue weighted by Gasteiger charge is 2.59. The zero-order chi connectivity index (χ0) is 26.4. The molecule has 9 atom stereocenters. The second-order valence-electron chi connectivity index (χ2n) is 14.7. The van der Waals surface area contributed by atoms with Gasteiger partial charge in [-0.25, -0.2) is 4.79 Å². The quantitative estimate of drug-likeness (QED) is 0.351. The van der Waals surface area contributed by atoms with Crippen molar-refractivity contribution >= 4 is 6.09 Å². The summed E-state index contributed by atoms with van der Waals surface area (Å²) in [5, 5.41) is 9.62. The summed E-state index contributed by atoms with van der Waals surface area (Å²) in [6.45, 7) is 13.3. The molecule has 4 fully saturated rings. The molecule has 1 unspecified atom stereocenters. The molecule has 37 heavy (non-hydrogen) atoms. The van der Waals surface area contributed by atoms with E-state index >= 15 is 0 Å². The summed E-state index contributed by atoms with van der Waals surface area (Å²) < 4.78 is 6.05. The molecular weight excluding hydrogens is 458 g/mol. The van der Waals surface area contributed by atoms with Crippen LogP contribution in [0.25, 0.3) is 0 Å². The normalized spacial score (nSPS) is 42.1. The van der Waals surface area contributed by atoms with Crippen LogP contribution >= 0.6 is 0 Å². The van der Waals surface area contributed by atoms with Crippen molar-refractivity contribution in [2.45, 2.75) is 130 Å². The molecular formula is C33H55NO3. The molecule has 210 valence electrons. The number of fused-ring (bicyclic) bond motifs is 5. The molecule has 0 aromatic heterocycles. The van der Waals surface area contributed by atoms with Gasteiger partial charge in [0, 0.05) is 13.0 Å². The first-order valence-electron chi connectivity index (χ1n) is 15.9. The molecule has 4 heteroatoms. The van der Waals surface area contributed by atoms with Gasteiger partial charge in [-0.05, 0) is 104 Å². The summed E-state index contributed by atoms with van der Waals surface area (Å²) in [7, 11) is 0. The maximum absolute atomic E-state index is 12.9. The smallest absolute Gasteiger partial charge is 0.410 e. The lowest BCUT2D eigenvalue weighted by molar-refractivity contribution is -0.0596.